The fourth-order valence-corrected chi connectivity index (χ4v) is 8.38. The number of aryl methyl sites for hydroxylation is 1. The molecule has 214 valence electrons. The molecule has 5 heterocycles. The highest BCUT2D eigenvalue weighted by molar-refractivity contribution is 6.00. The summed E-state index contributed by atoms with van der Waals surface area (Å²) in [6.45, 7) is 5.36. The molecule has 9 nitrogen and oxygen atoms in total. The lowest BCUT2D eigenvalue weighted by Gasteiger charge is -2.44. The van der Waals surface area contributed by atoms with Crippen molar-refractivity contribution in [2.45, 2.75) is 76.2 Å². The van der Waals surface area contributed by atoms with E-state index in [1.54, 1.807) is 7.11 Å². The monoisotopic (exact) mass is 554 g/mol. The van der Waals surface area contributed by atoms with Gasteiger partial charge < -0.3 is 29.2 Å². The fraction of sp³-hybridized carbons (Fsp3) is 0.531. The van der Waals surface area contributed by atoms with E-state index in [1.165, 1.54) is 0 Å². The van der Waals surface area contributed by atoms with Gasteiger partial charge in [-0.1, -0.05) is 0 Å². The van der Waals surface area contributed by atoms with E-state index in [-0.39, 0.29) is 23.6 Å². The molecule has 2 saturated carbocycles. The van der Waals surface area contributed by atoms with Gasteiger partial charge >= 0.3 is 0 Å². The Kier molecular flexibility index (Phi) is 5.73. The van der Waals surface area contributed by atoms with E-state index in [0.29, 0.717) is 23.1 Å². The Bertz CT molecular complexity index is 1660. The van der Waals surface area contributed by atoms with Gasteiger partial charge in [-0.25, -0.2) is 9.97 Å². The second-order valence-electron chi connectivity index (χ2n) is 12.6. The molecule has 1 spiro atoms. The highest BCUT2D eigenvalue weighted by atomic mass is 16.5. The number of fused-ring (bicyclic) bond motifs is 4. The number of aromatic nitrogens is 4. The van der Waals surface area contributed by atoms with Crippen LogP contribution in [0.5, 0.6) is 5.75 Å². The van der Waals surface area contributed by atoms with Gasteiger partial charge in [-0.3, -0.25) is 4.79 Å². The van der Waals surface area contributed by atoms with Gasteiger partial charge in [0.2, 0.25) is 0 Å². The first-order valence-corrected chi connectivity index (χ1v) is 15.2. The number of rotatable bonds is 6. The number of ether oxygens (including phenoxy) is 2. The van der Waals surface area contributed by atoms with Crippen LogP contribution in [0.3, 0.4) is 0 Å². The zero-order valence-corrected chi connectivity index (χ0v) is 23.9. The van der Waals surface area contributed by atoms with Crippen molar-refractivity contribution in [1.29, 1.82) is 0 Å². The van der Waals surface area contributed by atoms with Crippen molar-refractivity contribution in [2.24, 2.45) is 17.6 Å². The number of likely N-dealkylation sites (tertiary alicyclic amines) is 1. The number of piperidine rings is 1. The maximum absolute atomic E-state index is 13.8. The number of methoxy groups -OCH3 is 1. The van der Waals surface area contributed by atoms with Crippen molar-refractivity contribution in [2.75, 3.05) is 20.3 Å². The Morgan fingerprint density at radius 2 is 2.10 bits per heavy atom. The molecule has 2 aliphatic carbocycles. The summed E-state index contributed by atoms with van der Waals surface area (Å²) in [5.74, 6) is 2.49. The summed E-state index contributed by atoms with van der Waals surface area (Å²) in [5, 5.41) is 1.09. The number of carbonyl (C=O) groups excluding carboxylic acids is 1. The topological polar surface area (TPSA) is 100 Å². The number of amides is 1. The zero-order valence-electron chi connectivity index (χ0n) is 23.9. The normalized spacial score (nSPS) is 28.8. The van der Waals surface area contributed by atoms with Crippen molar-refractivity contribution in [1.82, 2.24) is 24.0 Å². The summed E-state index contributed by atoms with van der Waals surface area (Å²) in [5.41, 5.74) is 10.8. The first-order valence-electron chi connectivity index (χ1n) is 15.2. The maximum Gasteiger partial charge on any atom is 0.254 e. The first kappa shape index (κ1) is 25.3. The number of nitrogens with zero attached hydrogens (tertiary/aromatic N) is 5. The van der Waals surface area contributed by atoms with Gasteiger partial charge in [-0.05, 0) is 87.6 Å². The molecular weight excluding hydrogens is 516 g/mol. The molecule has 8 rings (SSSR count). The Hall–Kier alpha value is -3.43. The molecule has 2 N–H and O–H groups in total. The van der Waals surface area contributed by atoms with Crippen LogP contribution in [0.4, 0.5) is 0 Å². The number of hydrogen-bond acceptors (Lipinski definition) is 6. The SMILES string of the molecule is CCn1c(-c2nc3cc(C(=O)N4C[C@H]5CC[C@@H]4[C@@H]5N)cc(OC)c3n2CC2CC3(CCCO3)C2)cc2cccnc21. The van der Waals surface area contributed by atoms with Gasteiger partial charge in [0, 0.05) is 55.5 Å². The average Bonchev–Trinajstić information content (AvgIpc) is 3.80. The van der Waals surface area contributed by atoms with Crippen molar-refractivity contribution in [3.63, 3.8) is 0 Å². The van der Waals surface area contributed by atoms with Gasteiger partial charge in [-0.15, -0.1) is 0 Å². The van der Waals surface area contributed by atoms with Gasteiger partial charge in [-0.2, -0.15) is 0 Å². The predicted molar refractivity (Wildman–Crippen MR) is 157 cm³/mol. The van der Waals surface area contributed by atoms with Crippen LogP contribution in [0.1, 0.15) is 55.8 Å². The molecule has 2 saturated heterocycles. The third-order valence-corrected chi connectivity index (χ3v) is 10.3. The molecule has 4 aliphatic rings. The Morgan fingerprint density at radius 1 is 1.22 bits per heavy atom. The molecule has 9 heteroatoms. The lowest BCUT2D eigenvalue weighted by atomic mass is 9.69. The van der Waals surface area contributed by atoms with Gasteiger partial charge in [0.25, 0.3) is 5.91 Å². The number of carbonyl (C=O) groups is 1. The second kappa shape index (κ2) is 9.29. The van der Waals surface area contributed by atoms with Gasteiger partial charge in [0.15, 0.2) is 5.82 Å². The quantitative estimate of drug-likeness (QED) is 0.374. The summed E-state index contributed by atoms with van der Waals surface area (Å²) in [7, 11) is 1.69. The van der Waals surface area contributed by atoms with Crippen LogP contribution in [0.15, 0.2) is 36.5 Å². The van der Waals surface area contributed by atoms with Crippen molar-refractivity contribution in [3.8, 4) is 17.3 Å². The van der Waals surface area contributed by atoms with E-state index in [0.717, 1.165) is 98.4 Å². The number of hydrogen-bond donors (Lipinski definition) is 1. The largest absolute Gasteiger partial charge is 0.494 e. The highest BCUT2D eigenvalue weighted by Gasteiger charge is 2.48. The van der Waals surface area contributed by atoms with Crippen LogP contribution < -0.4 is 10.5 Å². The van der Waals surface area contributed by atoms with E-state index in [2.05, 4.69) is 33.2 Å². The Morgan fingerprint density at radius 3 is 2.80 bits per heavy atom. The van der Waals surface area contributed by atoms with Crippen LogP contribution in [-0.2, 0) is 17.8 Å². The summed E-state index contributed by atoms with van der Waals surface area (Å²) < 4.78 is 16.7. The van der Waals surface area contributed by atoms with E-state index in [4.69, 9.17) is 20.2 Å². The summed E-state index contributed by atoms with van der Waals surface area (Å²) in [6, 6.07) is 10.3. The summed E-state index contributed by atoms with van der Waals surface area (Å²) in [6.07, 6.45) is 8.39. The summed E-state index contributed by atoms with van der Waals surface area (Å²) >= 11 is 0. The molecule has 2 bridgehead atoms. The Balaban J connectivity index is 1.25. The fourth-order valence-electron chi connectivity index (χ4n) is 8.38. The van der Waals surface area contributed by atoms with Gasteiger partial charge in [0.1, 0.15) is 16.9 Å². The number of nitrogens with two attached hydrogens (primary N) is 1. The molecule has 0 radical (unpaired) electrons. The van der Waals surface area contributed by atoms with Crippen LogP contribution in [0.25, 0.3) is 33.6 Å². The molecule has 41 heavy (non-hydrogen) atoms. The molecule has 3 aromatic heterocycles. The van der Waals surface area contributed by atoms with E-state index in [1.807, 2.05) is 29.3 Å². The average molecular weight is 555 g/mol. The van der Waals surface area contributed by atoms with Gasteiger partial charge in [0.05, 0.1) is 23.9 Å². The lowest BCUT2D eigenvalue weighted by Crippen LogP contribution is -2.44. The minimum atomic E-state index is 0.0233. The van der Waals surface area contributed by atoms with Crippen LogP contribution in [0.2, 0.25) is 0 Å². The molecule has 4 aromatic rings. The zero-order chi connectivity index (χ0) is 27.9. The van der Waals surface area contributed by atoms with Crippen LogP contribution in [-0.4, -0.2) is 67.9 Å². The number of pyridine rings is 1. The molecule has 0 unspecified atom stereocenters. The van der Waals surface area contributed by atoms with Crippen LogP contribution in [0, 0.1) is 11.8 Å². The number of benzene rings is 1. The molecule has 3 atom stereocenters. The number of imidazole rings is 1. The van der Waals surface area contributed by atoms with Crippen molar-refractivity contribution in [3.05, 3.63) is 42.1 Å². The Labute approximate surface area is 239 Å². The summed E-state index contributed by atoms with van der Waals surface area (Å²) in [4.78, 5) is 25.7. The van der Waals surface area contributed by atoms with E-state index < -0.39 is 0 Å². The predicted octanol–water partition coefficient (Wildman–Crippen LogP) is 4.60. The maximum atomic E-state index is 13.8. The first-order chi connectivity index (χ1) is 20.0. The van der Waals surface area contributed by atoms with Crippen molar-refractivity contribution >= 4 is 28.0 Å². The molecule has 1 amide bonds. The third kappa shape index (κ3) is 3.78. The van der Waals surface area contributed by atoms with Crippen molar-refractivity contribution < 1.29 is 14.3 Å². The van der Waals surface area contributed by atoms with E-state index >= 15 is 0 Å². The minimum absolute atomic E-state index is 0.0233. The second-order valence-corrected chi connectivity index (χ2v) is 12.6. The minimum Gasteiger partial charge on any atom is -0.494 e. The molecule has 2 aliphatic heterocycles. The standard InChI is InChI=1S/C32H38N6O3/c1-3-36-25(13-20-6-4-10-34-29(20)36)30-35-23-12-22(31(39)37-18-21-7-8-24(37)27(21)33)14-26(40-2)28(23)38(30)17-19-15-32(16-19)9-5-11-41-32/h4,6,10,12-14,19,21,24,27H,3,5,7-9,11,15-18,33H2,1-2H3/t19?,21-,24-,27-,32?/m1/s1. The smallest absolute Gasteiger partial charge is 0.254 e. The van der Waals surface area contributed by atoms with E-state index in [9.17, 15) is 4.79 Å². The third-order valence-electron chi connectivity index (χ3n) is 10.3. The lowest BCUT2D eigenvalue weighted by molar-refractivity contribution is -0.0939. The highest BCUT2D eigenvalue weighted by Crippen LogP contribution is 2.49. The molecular formula is C32H38N6O3. The van der Waals surface area contributed by atoms with Crippen LogP contribution >= 0.6 is 0 Å². The molecule has 1 aromatic carbocycles. The molecule has 4 fully saturated rings.